The van der Waals surface area contributed by atoms with Crippen molar-refractivity contribution in [2.24, 2.45) is 0 Å². The van der Waals surface area contributed by atoms with Gasteiger partial charge >= 0.3 is 0 Å². The fraction of sp³-hybridized carbons (Fsp3) is 0.400. The van der Waals surface area contributed by atoms with Crippen molar-refractivity contribution in [3.63, 3.8) is 0 Å². The van der Waals surface area contributed by atoms with Crippen molar-refractivity contribution in [1.82, 2.24) is 15.0 Å². The SMILES string of the molecule is CCCc1nc(Cl)c(C)c(OCCc2ccccn2)n1. The zero-order valence-corrected chi connectivity index (χ0v) is 12.5. The highest BCUT2D eigenvalue weighted by atomic mass is 35.5. The first kappa shape index (κ1) is 14.7. The molecule has 4 nitrogen and oxygen atoms in total. The summed E-state index contributed by atoms with van der Waals surface area (Å²) in [6.07, 6.45) is 4.30. The molecule has 0 amide bonds. The van der Waals surface area contributed by atoms with Crippen LogP contribution in [0.2, 0.25) is 5.15 Å². The second kappa shape index (κ2) is 7.20. The van der Waals surface area contributed by atoms with E-state index in [1.807, 2.05) is 25.1 Å². The predicted octanol–water partition coefficient (Wildman–Crippen LogP) is 3.41. The highest BCUT2D eigenvalue weighted by Crippen LogP contribution is 2.22. The molecule has 0 bridgehead atoms. The Morgan fingerprint density at radius 3 is 2.75 bits per heavy atom. The van der Waals surface area contributed by atoms with Crippen molar-refractivity contribution in [2.45, 2.75) is 33.1 Å². The Morgan fingerprint density at radius 1 is 1.20 bits per heavy atom. The topological polar surface area (TPSA) is 47.9 Å². The minimum atomic E-state index is 0.469. The molecule has 0 aliphatic rings. The van der Waals surface area contributed by atoms with Crippen LogP contribution in [0.25, 0.3) is 0 Å². The van der Waals surface area contributed by atoms with Crippen LogP contribution in [-0.2, 0) is 12.8 Å². The van der Waals surface area contributed by atoms with E-state index in [1.165, 1.54) is 0 Å². The summed E-state index contributed by atoms with van der Waals surface area (Å²) in [6, 6.07) is 5.84. The van der Waals surface area contributed by atoms with Gasteiger partial charge in [0.2, 0.25) is 5.88 Å². The number of rotatable bonds is 6. The minimum absolute atomic E-state index is 0.469. The van der Waals surface area contributed by atoms with Gasteiger partial charge in [0, 0.05) is 30.3 Å². The highest BCUT2D eigenvalue weighted by molar-refractivity contribution is 6.30. The molecule has 0 aliphatic carbocycles. The Bertz CT molecular complexity index is 561. The molecule has 106 valence electrons. The number of halogens is 1. The van der Waals surface area contributed by atoms with Crippen molar-refractivity contribution < 1.29 is 4.74 Å². The minimum Gasteiger partial charge on any atom is -0.477 e. The summed E-state index contributed by atoms with van der Waals surface area (Å²) in [5, 5.41) is 0.469. The lowest BCUT2D eigenvalue weighted by molar-refractivity contribution is 0.304. The smallest absolute Gasteiger partial charge is 0.221 e. The molecule has 2 heterocycles. The van der Waals surface area contributed by atoms with Crippen LogP contribution in [0.5, 0.6) is 5.88 Å². The first-order chi connectivity index (χ1) is 9.70. The number of hydrogen-bond donors (Lipinski definition) is 0. The third kappa shape index (κ3) is 3.90. The Hall–Kier alpha value is -1.68. The zero-order valence-electron chi connectivity index (χ0n) is 11.8. The molecule has 0 fully saturated rings. The number of ether oxygens (including phenoxy) is 1. The molecule has 0 saturated heterocycles. The van der Waals surface area contributed by atoms with Gasteiger partial charge < -0.3 is 4.74 Å². The van der Waals surface area contributed by atoms with Crippen molar-refractivity contribution in [2.75, 3.05) is 6.61 Å². The summed E-state index contributed by atoms with van der Waals surface area (Å²) in [6.45, 7) is 4.48. The fourth-order valence-corrected chi connectivity index (χ4v) is 1.96. The van der Waals surface area contributed by atoms with Gasteiger partial charge in [0.1, 0.15) is 11.0 Å². The molecule has 0 unspecified atom stereocenters. The van der Waals surface area contributed by atoms with Crippen molar-refractivity contribution >= 4 is 11.6 Å². The van der Waals surface area contributed by atoms with Crippen LogP contribution in [0.15, 0.2) is 24.4 Å². The normalized spacial score (nSPS) is 10.6. The van der Waals surface area contributed by atoms with E-state index in [1.54, 1.807) is 6.20 Å². The van der Waals surface area contributed by atoms with E-state index >= 15 is 0 Å². The predicted molar refractivity (Wildman–Crippen MR) is 79.2 cm³/mol. The van der Waals surface area contributed by atoms with E-state index < -0.39 is 0 Å². The lowest BCUT2D eigenvalue weighted by Gasteiger charge is -2.10. The highest BCUT2D eigenvalue weighted by Gasteiger charge is 2.10. The third-order valence-corrected chi connectivity index (χ3v) is 3.25. The van der Waals surface area contributed by atoms with Gasteiger partial charge in [0.05, 0.1) is 6.61 Å². The number of aryl methyl sites for hydroxylation is 1. The summed E-state index contributed by atoms with van der Waals surface area (Å²) in [5.74, 6) is 1.31. The molecule has 20 heavy (non-hydrogen) atoms. The second-order valence-corrected chi connectivity index (χ2v) is 4.89. The van der Waals surface area contributed by atoms with Crippen LogP contribution in [0.4, 0.5) is 0 Å². The molecule has 0 saturated carbocycles. The van der Waals surface area contributed by atoms with Gasteiger partial charge in [0.25, 0.3) is 0 Å². The summed E-state index contributed by atoms with van der Waals surface area (Å²) in [5.41, 5.74) is 1.78. The molecule has 2 aromatic heterocycles. The lowest BCUT2D eigenvalue weighted by atomic mass is 10.3. The molecular formula is C15H18ClN3O. The maximum Gasteiger partial charge on any atom is 0.221 e. The van der Waals surface area contributed by atoms with E-state index in [0.717, 1.165) is 36.3 Å². The first-order valence-corrected chi connectivity index (χ1v) is 7.14. The van der Waals surface area contributed by atoms with Gasteiger partial charge in [-0.3, -0.25) is 4.98 Å². The van der Waals surface area contributed by atoms with Gasteiger partial charge in [-0.2, -0.15) is 4.98 Å². The van der Waals surface area contributed by atoms with Gasteiger partial charge in [-0.05, 0) is 25.5 Å². The molecule has 5 heteroatoms. The van der Waals surface area contributed by atoms with Crippen LogP contribution >= 0.6 is 11.6 Å². The molecule has 0 aliphatic heterocycles. The molecule has 0 radical (unpaired) electrons. The van der Waals surface area contributed by atoms with Gasteiger partial charge in [0.15, 0.2) is 0 Å². The van der Waals surface area contributed by atoms with Crippen LogP contribution < -0.4 is 4.74 Å². The summed E-state index contributed by atoms with van der Waals surface area (Å²) < 4.78 is 5.73. The van der Waals surface area contributed by atoms with Crippen molar-refractivity contribution in [3.8, 4) is 5.88 Å². The maximum atomic E-state index is 6.11. The van der Waals surface area contributed by atoms with Gasteiger partial charge in [-0.1, -0.05) is 24.6 Å². The molecule has 2 rings (SSSR count). The Labute approximate surface area is 124 Å². The largest absolute Gasteiger partial charge is 0.477 e. The quantitative estimate of drug-likeness (QED) is 0.765. The molecular weight excluding hydrogens is 274 g/mol. The molecule has 0 aromatic carbocycles. The van der Waals surface area contributed by atoms with Crippen molar-refractivity contribution in [3.05, 3.63) is 46.6 Å². The van der Waals surface area contributed by atoms with E-state index in [-0.39, 0.29) is 0 Å². The molecule has 0 N–H and O–H groups in total. The monoisotopic (exact) mass is 291 g/mol. The van der Waals surface area contributed by atoms with Crippen LogP contribution in [0.3, 0.4) is 0 Å². The summed E-state index contributed by atoms with van der Waals surface area (Å²) in [4.78, 5) is 12.9. The second-order valence-electron chi connectivity index (χ2n) is 4.53. The van der Waals surface area contributed by atoms with Gasteiger partial charge in [-0.15, -0.1) is 0 Å². The molecule has 0 atom stereocenters. The first-order valence-electron chi connectivity index (χ1n) is 6.76. The van der Waals surface area contributed by atoms with Gasteiger partial charge in [-0.25, -0.2) is 4.98 Å². The standard InChI is InChI=1S/C15H18ClN3O/c1-3-6-13-18-14(16)11(2)15(19-13)20-10-8-12-7-4-5-9-17-12/h4-5,7,9H,3,6,8,10H2,1-2H3. The lowest BCUT2D eigenvalue weighted by Crippen LogP contribution is -2.07. The average molecular weight is 292 g/mol. The van der Waals surface area contributed by atoms with E-state index in [2.05, 4.69) is 21.9 Å². The van der Waals surface area contributed by atoms with Crippen LogP contribution in [0.1, 0.15) is 30.4 Å². The van der Waals surface area contributed by atoms with E-state index in [0.29, 0.717) is 17.6 Å². The Morgan fingerprint density at radius 2 is 2.05 bits per heavy atom. The van der Waals surface area contributed by atoms with Crippen LogP contribution in [-0.4, -0.2) is 21.6 Å². The summed E-state index contributed by atoms with van der Waals surface area (Å²) >= 11 is 6.11. The third-order valence-electron chi connectivity index (χ3n) is 2.88. The van der Waals surface area contributed by atoms with Crippen molar-refractivity contribution in [1.29, 1.82) is 0 Å². The van der Waals surface area contributed by atoms with Crippen LogP contribution in [0, 0.1) is 6.92 Å². The average Bonchev–Trinajstić information content (AvgIpc) is 2.45. The van der Waals surface area contributed by atoms with E-state index in [9.17, 15) is 0 Å². The maximum absolute atomic E-state index is 6.11. The number of hydrogen-bond acceptors (Lipinski definition) is 4. The molecule has 0 spiro atoms. The van der Waals surface area contributed by atoms with E-state index in [4.69, 9.17) is 16.3 Å². The number of nitrogens with zero attached hydrogens (tertiary/aromatic N) is 3. The summed E-state index contributed by atoms with van der Waals surface area (Å²) in [7, 11) is 0. The Balaban J connectivity index is 2.01. The molecule has 2 aromatic rings. The fourth-order valence-electron chi connectivity index (χ4n) is 1.79. The Kier molecular flexibility index (Phi) is 5.30. The number of pyridine rings is 1. The number of aromatic nitrogens is 3. The zero-order chi connectivity index (χ0) is 14.4.